The molecule has 0 heterocycles. The van der Waals surface area contributed by atoms with Gasteiger partial charge in [-0.1, -0.05) is 359 Å². The van der Waals surface area contributed by atoms with Crippen LogP contribution in [0.1, 0.15) is 406 Å². The summed E-state index contributed by atoms with van der Waals surface area (Å²) in [5.41, 5.74) is 0. The number of amides is 1. The Morgan fingerprint density at radius 2 is 0.595 bits per heavy atom. The lowest BCUT2D eigenvalue weighted by Crippen LogP contribution is -2.45. The molecule has 0 aromatic rings. The van der Waals surface area contributed by atoms with Gasteiger partial charge in [-0.15, -0.1) is 0 Å². The van der Waals surface area contributed by atoms with Crippen LogP contribution in [0.2, 0.25) is 0 Å². The summed E-state index contributed by atoms with van der Waals surface area (Å²) in [4.78, 5) is 24.6. The molecule has 468 valence electrons. The fourth-order valence-corrected chi connectivity index (χ4v) is 11.5. The SMILES string of the molecule is CCCCCCC/C=C\CCCCCCCC(=O)OCCCCCCCCCCCCCCCCCCCCCCCCCCC(=O)NC(CO)C(O)/C=C/CCCCCCCCCCCCCCCCCCCCCCCC. The van der Waals surface area contributed by atoms with Crippen molar-refractivity contribution in [1.29, 1.82) is 0 Å². The first kappa shape index (κ1) is 77.3. The van der Waals surface area contributed by atoms with Crippen LogP contribution < -0.4 is 5.32 Å². The van der Waals surface area contributed by atoms with Gasteiger partial charge in [0, 0.05) is 12.8 Å². The predicted octanol–water partition coefficient (Wildman–Crippen LogP) is 23.3. The van der Waals surface area contributed by atoms with Crippen molar-refractivity contribution in [3.05, 3.63) is 24.3 Å². The average molecular weight is 1110 g/mol. The molecule has 0 aliphatic rings. The maximum Gasteiger partial charge on any atom is 0.305 e. The Morgan fingerprint density at radius 3 is 0.899 bits per heavy atom. The summed E-state index contributed by atoms with van der Waals surface area (Å²) in [6.07, 6.45) is 86.9. The summed E-state index contributed by atoms with van der Waals surface area (Å²) in [5, 5.41) is 23.3. The number of allylic oxidation sites excluding steroid dienone is 3. The van der Waals surface area contributed by atoms with Gasteiger partial charge >= 0.3 is 5.97 Å². The summed E-state index contributed by atoms with van der Waals surface area (Å²) in [7, 11) is 0. The van der Waals surface area contributed by atoms with Crippen LogP contribution in [0.15, 0.2) is 24.3 Å². The number of aliphatic hydroxyl groups is 2. The van der Waals surface area contributed by atoms with Crippen molar-refractivity contribution in [1.82, 2.24) is 5.32 Å². The Bertz CT molecular complexity index is 1230. The van der Waals surface area contributed by atoms with Crippen molar-refractivity contribution in [3.8, 4) is 0 Å². The topological polar surface area (TPSA) is 95.9 Å². The second-order valence-electron chi connectivity index (χ2n) is 24.9. The van der Waals surface area contributed by atoms with E-state index in [-0.39, 0.29) is 18.5 Å². The molecule has 0 saturated carbocycles. The Balaban J connectivity index is 3.40. The van der Waals surface area contributed by atoms with Crippen molar-refractivity contribution < 1.29 is 24.5 Å². The van der Waals surface area contributed by atoms with Gasteiger partial charge in [0.25, 0.3) is 0 Å². The zero-order valence-electron chi connectivity index (χ0n) is 53.6. The van der Waals surface area contributed by atoms with E-state index in [1.165, 1.54) is 334 Å². The van der Waals surface area contributed by atoms with Crippen LogP contribution in [0.5, 0.6) is 0 Å². The molecule has 0 aliphatic heterocycles. The molecule has 0 rings (SSSR count). The molecule has 6 heteroatoms. The van der Waals surface area contributed by atoms with Gasteiger partial charge in [0.1, 0.15) is 0 Å². The lowest BCUT2D eigenvalue weighted by molar-refractivity contribution is -0.143. The van der Waals surface area contributed by atoms with Crippen LogP contribution >= 0.6 is 0 Å². The Hall–Kier alpha value is -1.66. The summed E-state index contributed by atoms with van der Waals surface area (Å²) in [6.45, 7) is 4.93. The Morgan fingerprint density at radius 1 is 0.342 bits per heavy atom. The maximum atomic E-state index is 12.5. The third kappa shape index (κ3) is 65.4. The average Bonchev–Trinajstić information content (AvgIpc) is 3.45. The molecule has 0 aromatic carbocycles. The Labute approximate surface area is 494 Å². The van der Waals surface area contributed by atoms with Crippen molar-refractivity contribution in [2.45, 2.75) is 418 Å². The van der Waals surface area contributed by atoms with Crippen LogP contribution in [0.3, 0.4) is 0 Å². The lowest BCUT2D eigenvalue weighted by atomic mass is 10.0. The largest absolute Gasteiger partial charge is 0.466 e. The summed E-state index contributed by atoms with van der Waals surface area (Å²) < 4.78 is 5.49. The fourth-order valence-electron chi connectivity index (χ4n) is 11.5. The highest BCUT2D eigenvalue weighted by Gasteiger charge is 2.18. The van der Waals surface area contributed by atoms with E-state index in [4.69, 9.17) is 4.74 Å². The molecule has 0 radical (unpaired) electrons. The molecule has 0 fully saturated rings. The van der Waals surface area contributed by atoms with Crippen molar-refractivity contribution in [3.63, 3.8) is 0 Å². The van der Waals surface area contributed by atoms with Gasteiger partial charge in [0.05, 0.1) is 25.4 Å². The number of unbranched alkanes of at least 4 members (excludes halogenated alkanes) is 55. The first-order valence-corrected chi connectivity index (χ1v) is 36.1. The summed E-state index contributed by atoms with van der Waals surface area (Å²) in [6, 6.07) is -0.628. The second-order valence-corrected chi connectivity index (χ2v) is 24.9. The number of rotatable bonds is 68. The van der Waals surface area contributed by atoms with Gasteiger partial charge in [0.15, 0.2) is 0 Å². The first-order chi connectivity index (χ1) is 39.0. The molecule has 0 aliphatic carbocycles. The molecule has 0 aromatic heterocycles. The molecule has 0 saturated heterocycles. The number of ether oxygens (including phenoxy) is 1. The van der Waals surface area contributed by atoms with Gasteiger partial charge in [-0.05, 0) is 57.8 Å². The first-order valence-electron chi connectivity index (χ1n) is 36.1. The molecule has 79 heavy (non-hydrogen) atoms. The predicted molar refractivity (Wildman–Crippen MR) is 347 cm³/mol. The van der Waals surface area contributed by atoms with Crippen molar-refractivity contribution in [2.24, 2.45) is 0 Å². The molecule has 3 N–H and O–H groups in total. The number of carbonyl (C=O) groups is 2. The number of hydrogen-bond acceptors (Lipinski definition) is 5. The van der Waals surface area contributed by atoms with Gasteiger partial charge < -0.3 is 20.3 Å². The highest BCUT2D eigenvalue weighted by atomic mass is 16.5. The molecular formula is C73H141NO5. The molecule has 0 spiro atoms. The number of aliphatic hydroxyl groups excluding tert-OH is 2. The minimum absolute atomic E-state index is 0.00730. The molecule has 2 unspecified atom stereocenters. The number of esters is 1. The van der Waals surface area contributed by atoms with Gasteiger partial charge in [-0.25, -0.2) is 0 Å². The second kappa shape index (κ2) is 68.8. The molecule has 2 atom stereocenters. The van der Waals surface area contributed by atoms with Crippen LogP contribution in [0.4, 0.5) is 0 Å². The smallest absolute Gasteiger partial charge is 0.305 e. The van der Waals surface area contributed by atoms with Gasteiger partial charge in [0.2, 0.25) is 5.91 Å². The zero-order valence-corrected chi connectivity index (χ0v) is 53.6. The van der Waals surface area contributed by atoms with Crippen molar-refractivity contribution in [2.75, 3.05) is 13.2 Å². The van der Waals surface area contributed by atoms with E-state index < -0.39 is 12.1 Å². The van der Waals surface area contributed by atoms with Gasteiger partial charge in [-0.3, -0.25) is 9.59 Å². The normalized spacial score (nSPS) is 12.6. The van der Waals surface area contributed by atoms with Crippen LogP contribution in [0.25, 0.3) is 0 Å². The van der Waals surface area contributed by atoms with E-state index in [0.29, 0.717) is 19.4 Å². The van der Waals surface area contributed by atoms with Crippen LogP contribution in [-0.4, -0.2) is 47.4 Å². The highest BCUT2D eigenvalue weighted by molar-refractivity contribution is 5.76. The molecule has 0 bridgehead atoms. The van der Waals surface area contributed by atoms with Gasteiger partial charge in [-0.2, -0.15) is 0 Å². The third-order valence-electron chi connectivity index (χ3n) is 17.0. The molecule has 6 nitrogen and oxygen atoms in total. The highest BCUT2D eigenvalue weighted by Crippen LogP contribution is 2.19. The standard InChI is InChI=1S/C73H141NO5/c1-3-5-7-9-11-13-15-17-19-20-21-22-23-26-29-32-35-38-41-45-49-53-57-61-65-71(76)70(69-75)74-72(77)66-62-58-54-50-46-42-39-36-33-30-27-24-25-28-31-34-37-40-44-48-52-56-60-64-68-79-73(78)67-63-59-55-51-47-43-18-16-14-12-10-8-6-4-2/h16,18,61,65,70-71,75-76H,3-15,17,19-60,62-64,66-69H2,1-2H3,(H,74,77)/b18-16-,65-61+. The fraction of sp³-hybridized carbons (Fsp3) is 0.918. The van der Waals surface area contributed by atoms with E-state index in [1.54, 1.807) is 6.08 Å². The zero-order chi connectivity index (χ0) is 57.1. The van der Waals surface area contributed by atoms with E-state index in [9.17, 15) is 19.8 Å². The number of carbonyl (C=O) groups excluding carboxylic acids is 2. The van der Waals surface area contributed by atoms with Crippen LogP contribution in [-0.2, 0) is 14.3 Å². The summed E-state index contributed by atoms with van der Waals surface area (Å²) >= 11 is 0. The summed E-state index contributed by atoms with van der Waals surface area (Å²) in [5.74, 6) is -0.0549. The number of nitrogens with one attached hydrogen (secondary N) is 1. The van der Waals surface area contributed by atoms with Crippen molar-refractivity contribution >= 4 is 11.9 Å². The number of hydrogen-bond donors (Lipinski definition) is 3. The molecule has 1 amide bonds. The Kier molecular flexibility index (Phi) is 67.4. The maximum absolute atomic E-state index is 12.5. The minimum Gasteiger partial charge on any atom is -0.466 e. The third-order valence-corrected chi connectivity index (χ3v) is 17.0. The minimum atomic E-state index is -0.845. The lowest BCUT2D eigenvalue weighted by Gasteiger charge is -2.20. The quantitative estimate of drug-likeness (QED) is 0.0320. The van der Waals surface area contributed by atoms with Crippen LogP contribution in [0, 0.1) is 0 Å². The molecular weight excluding hydrogens is 971 g/mol. The van der Waals surface area contributed by atoms with E-state index >= 15 is 0 Å². The van der Waals surface area contributed by atoms with E-state index in [0.717, 1.165) is 44.9 Å². The monoisotopic (exact) mass is 1110 g/mol. The van der Waals surface area contributed by atoms with E-state index in [2.05, 4.69) is 31.3 Å². The van der Waals surface area contributed by atoms with E-state index in [1.807, 2.05) is 6.08 Å².